The van der Waals surface area contributed by atoms with Crippen molar-refractivity contribution in [2.75, 3.05) is 24.5 Å². The van der Waals surface area contributed by atoms with Crippen LogP contribution in [0.2, 0.25) is 0 Å². The Balaban J connectivity index is 1.28. The van der Waals surface area contributed by atoms with E-state index in [2.05, 4.69) is 26.2 Å². The number of carbonyl (C=O) groups is 1. The summed E-state index contributed by atoms with van der Waals surface area (Å²) in [5.74, 6) is 0.753. The number of para-hydroxylation sites is 1. The van der Waals surface area contributed by atoms with Crippen LogP contribution in [-0.2, 0) is 6.42 Å². The van der Waals surface area contributed by atoms with Crippen LogP contribution >= 0.6 is 0 Å². The van der Waals surface area contributed by atoms with Gasteiger partial charge in [0.2, 0.25) is 0 Å². The largest absolute Gasteiger partial charge is 0.458 e. The van der Waals surface area contributed by atoms with Crippen LogP contribution < -0.4 is 4.90 Å². The van der Waals surface area contributed by atoms with Gasteiger partial charge in [-0.25, -0.2) is 9.37 Å². The van der Waals surface area contributed by atoms with Gasteiger partial charge in [0.25, 0.3) is 0 Å². The number of piperidine rings is 1. The van der Waals surface area contributed by atoms with Crippen molar-refractivity contribution in [1.29, 1.82) is 0 Å². The molecular weight excluding hydrogens is 451 g/mol. The summed E-state index contributed by atoms with van der Waals surface area (Å²) in [6, 6.07) is 7.80. The average molecular weight is 477 g/mol. The topological polar surface area (TPSA) is 104 Å². The van der Waals surface area contributed by atoms with E-state index in [4.69, 9.17) is 8.83 Å². The Bertz CT molecular complexity index is 1400. The summed E-state index contributed by atoms with van der Waals surface area (Å²) in [5, 5.41) is 9.26. The molecule has 1 N–H and O–H groups in total. The molecule has 1 saturated carbocycles. The number of rotatable bonds is 4. The second-order valence-corrected chi connectivity index (χ2v) is 9.62. The number of imidazole rings is 1. The summed E-state index contributed by atoms with van der Waals surface area (Å²) in [6.07, 6.45) is 4.54. The Morgan fingerprint density at radius 3 is 2.71 bits per heavy atom. The normalized spacial score (nSPS) is 21.0. The predicted octanol–water partition coefficient (Wildman–Crippen LogP) is 4.14. The highest BCUT2D eigenvalue weighted by molar-refractivity contribution is 5.91. The van der Waals surface area contributed by atoms with Crippen molar-refractivity contribution in [3.05, 3.63) is 59.2 Å². The van der Waals surface area contributed by atoms with Gasteiger partial charge in [-0.05, 0) is 37.7 Å². The fourth-order valence-electron chi connectivity index (χ4n) is 5.43. The summed E-state index contributed by atoms with van der Waals surface area (Å²) in [7, 11) is 0. The summed E-state index contributed by atoms with van der Waals surface area (Å²) < 4.78 is 25.8. The van der Waals surface area contributed by atoms with E-state index in [0.29, 0.717) is 44.8 Å². The molecule has 1 saturated heterocycles. The van der Waals surface area contributed by atoms with Gasteiger partial charge in [0.15, 0.2) is 0 Å². The molecule has 0 radical (unpaired) electrons. The molecule has 9 nitrogen and oxygen atoms in total. The smallest absolute Gasteiger partial charge is 0.318 e. The summed E-state index contributed by atoms with van der Waals surface area (Å²) in [6.45, 7) is 1.44. The lowest BCUT2D eigenvalue weighted by atomic mass is 9.95. The van der Waals surface area contributed by atoms with Gasteiger partial charge in [-0.15, -0.1) is 5.10 Å². The molecule has 35 heavy (non-hydrogen) atoms. The van der Waals surface area contributed by atoms with E-state index < -0.39 is 12.2 Å². The van der Waals surface area contributed by atoms with Crippen LogP contribution in [0.25, 0.3) is 11.0 Å². The molecule has 1 atom stereocenters. The van der Waals surface area contributed by atoms with Crippen LogP contribution in [0.1, 0.15) is 71.0 Å². The first kappa shape index (κ1) is 20.7. The monoisotopic (exact) mass is 476 g/mol. The number of alkyl halides is 1. The molecule has 0 bridgehead atoms. The molecule has 1 amide bonds. The highest BCUT2D eigenvalue weighted by atomic mass is 19.1. The highest BCUT2D eigenvalue weighted by Crippen LogP contribution is 2.50. The number of H-pyrrole nitrogens is 1. The summed E-state index contributed by atoms with van der Waals surface area (Å²) in [4.78, 5) is 25.1. The summed E-state index contributed by atoms with van der Waals surface area (Å²) in [5.41, 5.74) is 3.77. The first-order valence-corrected chi connectivity index (χ1v) is 12.2. The standard InChI is InChI=1S/C25H25FN6O3/c26-15-7-10-31(11-8-15)25-30-29-23(35-25)24(33)32-12-9-17-20(28-13-27-17)21(32)22-19(14-5-6-14)16-3-1-2-4-18(16)34-22/h1-4,13-15,21H,5-12H2,(H,27,28)/t21-/m1/s1. The third-order valence-corrected chi connectivity index (χ3v) is 7.37. The SMILES string of the molecule is O=C(c1nnc(N2CCC(F)CC2)o1)N1CCc2[nH]cnc2[C@@H]1c1oc2ccccc2c1C1CC1. The molecule has 0 spiro atoms. The van der Waals surface area contributed by atoms with E-state index in [1.54, 1.807) is 11.2 Å². The van der Waals surface area contributed by atoms with Gasteiger partial charge in [0, 0.05) is 42.7 Å². The second kappa shape index (κ2) is 7.93. The molecule has 1 aliphatic carbocycles. The molecule has 4 aromatic rings. The Kier molecular flexibility index (Phi) is 4.68. The number of anilines is 1. The number of aromatic amines is 1. The van der Waals surface area contributed by atoms with Crippen LogP contribution in [0.5, 0.6) is 0 Å². The minimum atomic E-state index is -0.808. The molecule has 10 heteroatoms. The maximum absolute atomic E-state index is 13.7. The molecular formula is C25H25FN6O3. The third-order valence-electron chi connectivity index (χ3n) is 7.37. The molecule has 5 heterocycles. The fourth-order valence-corrected chi connectivity index (χ4v) is 5.43. The van der Waals surface area contributed by atoms with Crippen molar-refractivity contribution in [1.82, 2.24) is 25.1 Å². The Labute approximate surface area is 200 Å². The lowest BCUT2D eigenvalue weighted by Crippen LogP contribution is -2.41. The molecule has 2 fully saturated rings. The van der Waals surface area contributed by atoms with E-state index in [1.807, 2.05) is 23.1 Å². The van der Waals surface area contributed by atoms with E-state index in [0.717, 1.165) is 41.0 Å². The van der Waals surface area contributed by atoms with Crippen molar-refractivity contribution in [3.8, 4) is 0 Å². The number of furan rings is 1. The molecule has 180 valence electrons. The van der Waals surface area contributed by atoms with Gasteiger partial charge >= 0.3 is 17.8 Å². The van der Waals surface area contributed by atoms with Crippen molar-refractivity contribution >= 4 is 22.9 Å². The number of halogens is 1. The van der Waals surface area contributed by atoms with Crippen molar-refractivity contribution in [3.63, 3.8) is 0 Å². The number of benzene rings is 1. The van der Waals surface area contributed by atoms with Crippen molar-refractivity contribution in [2.24, 2.45) is 0 Å². The Morgan fingerprint density at radius 2 is 1.89 bits per heavy atom. The molecule has 3 aliphatic rings. The number of nitrogens with one attached hydrogen (secondary N) is 1. The molecule has 1 aromatic carbocycles. The first-order valence-electron chi connectivity index (χ1n) is 12.2. The number of amides is 1. The predicted molar refractivity (Wildman–Crippen MR) is 124 cm³/mol. The van der Waals surface area contributed by atoms with Crippen LogP contribution in [-0.4, -0.2) is 56.8 Å². The van der Waals surface area contributed by atoms with Gasteiger partial charge in [0.05, 0.1) is 12.0 Å². The van der Waals surface area contributed by atoms with E-state index in [1.165, 1.54) is 5.56 Å². The lowest BCUT2D eigenvalue weighted by molar-refractivity contribution is 0.0631. The van der Waals surface area contributed by atoms with Crippen molar-refractivity contribution in [2.45, 2.75) is 50.2 Å². The van der Waals surface area contributed by atoms with Gasteiger partial charge in [-0.1, -0.05) is 23.3 Å². The lowest BCUT2D eigenvalue weighted by Gasteiger charge is -2.33. The minimum absolute atomic E-state index is 0.0737. The fraction of sp³-hybridized carbons (Fsp3) is 0.440. The quantitative estimate of drug-likeness (QED) is 0.472. The van der Waals surface area contributed by atoms with Crippen LogP contribution in [0.4, 0.5) is 10.4 Å². The summed E-state index contributed by atoms with van der Waals surface area (Å²) >= 11 is 0. The highest BCUT2D eigenvalue weighted by Gasteiger charge is 2.43. The Hall–Kier alpha value is -3.69. The van der Waals surface area contributed by atoms with E-state index in [9.17, 15) is 9.18 Å². The van der Waals surface area contributed by atoms with Gasteiger partial charge in [-0.2, -0.15) is 0 Å². The zero-order valence-electron chi connectivity index (χ0n) is 19.1. The van der Waals surface area contributed by atoms with Gasteiger partial charge in [-0.3, -0.25) is 4.79 Å². The zero-order chi connectivity index (χ0) is 23.5. The number of fused-ring (bicyclic) bond motifs is 2. The van der Waals surface area contributed by atoms with E-state index in [-0.39, 0.29) is 17.8 Å². The number of carbonyl (C=O) groups excluding carboxylic acids is 1. The zero-order valence-corrected chi connectivity index (χ0v) is 19.1. The number of aromatic nitrogens is 4. The molecule has 2 aliphatic heterocycles. The minimum Gasteiger partial charge on any atom is -0.458 e. The Morgan fingerprint density at radius 1 is 1.06 bits per heavy atom. The first-order chi connectivity index (χ1) is 17.2. The number of nitrogens with zero attached hydrogens (tertiary/aromatic N) is 5. The van der Waals surface area contributed by atoms with Crippen LogP contribution in [0, 0.1) is 0 Å². The van der Waals surface area contributed by atoms with Gasteiger partial charge in [0.1, 0.15) is 23.6 Å². The molecule has 0 unspecified atom stereocenters. The van der Waals surface area contributed by atoms with Crippen LogP contribution in [0.15, 0.2) is 39.4 Å². The van der Waals surface area contributed by atoms with Gasteiger partial charge < -0.3 is 23.6 Å². The number of hydrogen-bond acceptors (Lipinski definition) is 7. The average Bonchev–Trinajstić information content (AvgIpc) is 3.27. The molecule has 3 aromatic heterocycles. The van der Waals surface area contributed by atoms with Crippen molar-refractivity contribution < 1.29 is 18.0 Å². The maximum Gasteiger partial charge on any atom is 0.318 e. The van der Waals surface area contributed by atoms with E-state index >= 15 is 0 Å². The maximum atomic E-state index is 13.7. The second-order valence-electron chi connectivity index (χ2n) is 9.62. The van der Waals surface area contributed by atoms with Crippen LogP contribution in [0.3, 0.4) is 0 Å². The third kappa shape index (κ3) is 3.42. The molecule has 7 rings (SSSR count). The number of hydrogen-bond donors (Lipinski definition) is 1.